The average Bonchev–Trinajstić information content (AvgIpc) is 2.76. The predicted octanol–water partition coefficient (Wildman–Crippen LogP) is 2.20. The zero-order valence-corrected chi connectivity index (χ0v) is 16.4. The molecule has 4 heterocycles. The third-order valence-electron chi connectivity index (χ3n) is 4.82. The first-order valence-corrected chi connectivity index (χ1v) is 9.73. The van der Waals surface area contributed by atoms with E-state index in [9.17, 15) is 18.8 Å². The van der Waals surface area contributed by atoms with Crippen molar-refractivity contribution in [3.63, 3.8) is 0 Å². The summed E-state index contributed by atoms with van der Waals surface area (Å²) in [6, 6.07) is 6.30. The summed E-state index contributed by atoms with van der Waals surface area (Å²) in [6.07, 6.45) is 1.90. The number of nitrogens with zero attached hydrogens (tertiary/aromatic N) is 5. The van der Waals surface area contributed by atoms with Crippen molar-refractivity contribution in [2.24, 2.45) is 0 Å². The van der Waals surface area contributed by atoms with Crippen LogP contribution in [-0.2, 0) is 6.54 Å². The molecule has 1 fully saturated rings. The standard InChI is InChI=1S/C20H19F2N7O2/c21-18(22)11-29-16-10-26-20(28-14(16)3-4-19(29)30)27-12-6-17(15(7-23)25-8-12)31-13-2-1-5-24-9-13/h3-4,6,8,10,13,18,24H,1-2,5,9,11H2,(H,26,27,28)/t13-/m1/s1. The Kier molecular flexibility index (Phi) is 5.99. The second-order valence-corrected chi connectivity index (χ2v) is 7.03. The minimum atomic E-state index is -2.68. The Hall–Kier alpha value is -3.65. The number of aromatic nitrogens is 4. The number of nitrogens with one attached hydrogen (secondary N) is 2. The van der Waals surface area contributed by atoms with Crippen LogP contribution in [0, 0.1) is 11.3 Å². The molecule has 0 amide bonds. The van der Waals surface area contributed by atoms with Gasteiger partial charge >= 0.3 is 0 Å². The summed E-state index contributed by atoms with van der Waals surface area (Å²) < 4.78 is 32.5. The maximum atomic E-state index is 12.8. The maximum Gasteiger partial charge on any atom is 0.256 e. The lowest BCUT2D eigenvalue weighted by molar-refractivity contribution is 0.127. The van der Waals surface area contributed by atoms with Crippen LogP contribution in [0.25, 0.3) is 11.0 Å². The van der Waals surface area contributed by atoms with Gasteiger partial charge in [0.05, 0.1) is 35.7 Å². The Morgan fingerprint density at radius 1 is 1.35 bits per heavy atom. The molecule has 0 saturated carbocycles. The zero-order chi connectivity index (χ0) is 21.8. The molecule has 11 heteroatoms. The highest BCUT2D eigenvalue weighted by Crippen LogP contribution is 2.25. The normalized spacial score (nSPS) is 16.3. The van der Waals surface area contributed by atoms with Gasteiger partial charge in [-0.1, -0.05) is 0 Å². The van der Waals surface area contributed by atoms with Crippen LogP contribution in [0.1, 0.15) is 18.5 Å². The van der Waals surface area contributed by atoms with E-state index in [-0.39, 0.29) is 23.3 Å². The number of halogens is 2. The third kappa shape index (κ3) is 4.75. The fourth-order valence-electron chi connectivity index (χ4n) is 3.38. The highest BCUT2D eigenvalue weighted by molar-refractivity contribution is 5.75. The number of piperidine rings is 1. The quantitative estimate of drug-likeness (QED) is 0.615. The second-order valence-electron chi connectivity index (χ2n) is 7.03. The summed E-state index contributed by atoms with van der Waals surface area (Å²) in [5.41, 5.74) is 0.672. The fourth-order valence-corrected chi connectivity index (χ4v) is 3.38. The van der Waals surface area contributed by atoms with E-state index in [0.717, 1.165) is 24.0 Å². The summed E-state index contributed by atoms with van der Waals surface area (Å²) in [4.78, 5) is 24.5. The lowest BCUT2D eigenvalue weighted by Gasteiger charge is -2.24. The van der Waals surface area contributed by atoms with Gasteiger partial charge in [0.1, 0.15) is 12.2 Å². The molecule has 3 aromatic heterocycles. The second kappa shape index (κ2) is 9.01. The molecular weight excluding hydrogens is 408 g/mol. The van der Waals surface area contributed by atoms with Crippen LogP contribution < -0.4 is 20.9 Å². The Labute approximate surface area is 175 Å². The van der Waals surface area contributed by atoms with Gasteiger partial charge in [-0.2, -0.15) is 5.26 Å². The molecule has 4 rings (SSSR count). The molecular formula is C20H19F2N7O2. The van der Waals surface area contributed by atoms with Crippen molar-refractivity contribution in [3.05, 3.63) is 46.6 Å². The number of alkyl halides is 2. The van der Waals surface area contributed by atoms with Gasteiger partial charge in [-0.15, -0.1) is 0 Å². The molecule has 1 aliphatic heterocycles. The smallest absolute Gasteiger partial charge is 0.256 e. The molecule has 1 aliphatic rings. The van der Waals surface area contributed by atoms with Crippen molar-refractivity contribution in [1.29, 1.82) is 5.26 Å². The summed E-state index contributed by atoms with van der Waals surface area (Å²) in [6.45, 7) is 0.897. The SMILES string of the molecule is N#Cc1ncc(Nc2ncc3c(ccc(=O)n3CC(F)F)n2)cc1O[C@@H]1CCCNC1. The van der Waals surface area contributed by atoms with Crippen LogP contribution >= 0.6 is 0 Å². The maximum absolute atomic E-state index is 12.8. The minimum Gasteiger partial charge on any atom is -0.486 e. The van der Waals surface area contributed by atoms with Crippen molar-refractivity contribution in [2.75, 3.05) is 18.4 Å². The number of ether oxygens (including phenoxy) is 1. The van der Waals surface area contributed by atoms with Crippen LogP contribution in [0.3, 0.4) is 0 Å². The summed E-state index contributed by atoms with van der Waals surface area (Å²) in [5.74, 6) is 0.541. The Morgan fingerprint density at radius 3 is 2.97 bits per heavy atom. The Balaban J connectivity index is 1.60. The van der Waals surface area contributed by atoms with Gasteiger partial charge in [-0.25, -0.2) is 23.7 Å². The van der Waals surface area contributed by atoms with E-state index in [1.165, 1.54) is 24.5 Å². The molecule has 0 aromatic carbocycles. The molecule has 0 radical (unpaired) electrons. The Morgan fingerprint density at radius 2 is 2.23 bits per heavy atom. The van der Waals surface area contributed by atoms with Crippen LogP contribution in [0.4, 0.5) is 20.4 Å². The van der Waals surface area contributed by atoms with Gasteiger partial charge < -0.3 is 15.4 Å². The lowest BCUT2D eigenvalue weighted by atomic mass is 10.1. The van der Waals surface area contributed by atoms with Crippen molar-refractivity contribution in [2.45, 2.75) is 31.9 Å². The molecule has 160 valence electrons. The van der Waals surface area contributed by atoms with Gasteiger partial charge in [0, 0.05) is 18.7 Å². The molecule has 0 bridgehead atoms. The molecule has 9 nitrogen and oxygen atoms in total. The first-order chi connectivity index (χ1) is 15.0. The number of fused-ring (bicyclic) bond motifs is 1. The molecule has 0 spiro atoms. The van der Waals surface area contributed by atoms with E-state index in [1.54, 1.807) is 6.07 Å². The van der Waals surface area contributed by atoms with Crippen LogP contribution in [0.15, 0.2) is 35.4 Å². The van der Waals surface area contributed by atoms with E-state index >= 15 is 0 Å². The Bertz CT molecular complexity index is 1190. The number of pyridine rings is 2. The van der Waals surface area contributed by atoms with E-state index < -0.39 is 18.5 Å². The van der Waals surface area contributed by atoms with Gasteiger partial charge in [-0.05, 0) is 25.5 Å². The van der Waals surface area contributed by atoms with Crippen molar-refractivity contribution in [3.8, 4) is 11.8 Å². The van der Waals surface area contributed by atoms with E-state index in [4.69, 9.17) is 4.74 Å². The molecule has 0 aliphatic carbocycles. The van der Waals surface area contributed by atoms with E-state index in [2.05, 4.69) is 25.6 Å². The number of hydrogen-bond acceptors (Lipinski definition) is 8. The predicted molar refractivity (Wildman–Crippen MR) is 109 cm³/mol. The number of nitriles is 1. The average molecular weight is 427 g/mol. The zero-order valence-electron chi connectivity index (χ0n) is 16.4. The first kappa shape index (κ1) is 20.6. The molecule has 3 aromatic rings. The van der Waals surface area contributed by atoms with E-state index in [0.29, 0.717) is 23.5 Å². The summed E-state index contributed by atoms with van der Waals surface area (Å²) >= 11 is 0. The molecule has 2 N–H and O–H groups in total. The molecule has 31 heavy (non-hydrogen) atoms. The monoisotopic (exact) mass is 427 g/mol. The van der Waals surface area contributed by atoms with Gasteiger partial charge in [0.25, 0.3) is 12.0 Å². The van der Waals surface area contributed by atoms with Gasteiger partial charge in [0.2, 0.25) is 5.95 Å². The number of rotatable bonds is 6. The molecule has 1 saturated heterocycles. The first-order valence-electron chi connectivity index (χ1n) is 9.73. The molecule has 0 unspecified atom stereocenters. The largest absolute Gasteiger partial charge is 0.486 e. The highest BCUT2D eigenvalue weighted by atomic mass is 19.3. The van der Waals surface area contributed by atoms with Crippen LogP contribution in [-0.4, -0.2) is 45.1 Å². The van der Waals surface area contributed by atoms with Crippen LogP contribution in [0.2, 0.25) is 0 Å². The third-order valence-corrected chi connectivity index (χ3v) is 4.82. The topological polar surface area (TPSA) is 118 Å². The van der Waals surface area contributed by atoms with E-state index in [1.807, 2.05) is 6.07 Å². The highest BCUT2D eigenvalue weighted by Gasteiger charge is 2.18. The number of anilines is 2. The summed E-state index contributed by atoms with van der Waals surface area (Å²) in [5, 5.41) is 15.5. The van der Waals surface area contributed by atoms with Crippen molar-refractivity contribution < 1.29 is 13.5 Å². The lowest BCUT2D eigenvalue weighted by Crippen LogP contribution is -2.37. The van der Waals surface area contributed by atoms with Gasteiger partial charge in [-0.3, -0.25) is 9.36 Å². The van der Waals surface area contributed by atoms with Gasteiger partial charge in [0.15, 0.2) is 11.4 Å². The van der Waals surface area contributed by atoms with Crippen molar-refractivity contribution in [1.82, 2.24) is 24.8 Å². The van der Waals surface area contributed by atoms with Crippen LogP contribution in [0.5, 0.6) is 5.75 Å². The summed E-state index contributed by atoms with van der Waals surface area (Å²) in [7, 11) is 0. The van der Waals surface area contributed by atoms with Crippen molar-refractivity contribution >= 4 is 22.7 Å². The molecule has 1 atom stereocenters. The fraction of sp³-hybridized carbons (Fsp3) is 0.350. The minimum absolute atomic E-state index is 0.0543. The number of hydrogen-bond donors (Lipinski definition) is 2.